The van der Waals surface area contributed by atoms with Gasteiger partial charge in [-0.2, -0.15) is 4.68 Å². The predicted octanol–water partition coefficient (Wildman–Crippen LogP) is 2.70. The normalized spacial score (nSPS) is 16.5. The number of hydrogen-bond acceptors (Lipinski definition) is 4. The first kappa shape index (κ1) is 10.8. The van der Waals surface area contributed by atoms with Crippen LogP contribution in [0.4, 0.5) is 0 Å². The standard InChI is InChI=1S/C12H14N4S/c1-2-6-10(7-3-1)16-12(13-14-15-16)17-11-8-4-5-9-11/h1-3,6-7,11H,4-5,8-9H2. The van der Waals surface area contributed by atoms with Gasteiger partial charge in [0.05, 0.1) is 5.69 Å². The van der Waals surface area contributed by atoms with Gasteiger partial charge in [0.2, 0.25) is 5.16 Å². The SMILES string of the molecule is c1ccc(-n2nnnc2SC2CCCC2)cc1. The van der Waals surface area contributed by atoms with Crippen molar-refractivity contribution in [3.63, 3.8) is 0 Å². The van der Waals surface area contributed by atoms with Crippen molar-refractivity contribution >= 4 is 11.8 Å². The van der Waals surface area contributed by atoms with Gasteiger partial charge in [-0.25, -0.2) is 0 Å². The van der Waals surface area contributed by atoms with E-state index in [-0.39, 0.29) is 0 Å². The van der Waals surface area contributed by atoms with Crippen molar-refractivity contribution in [2.24, 2.45) is 0 Å². The van der Waals surface area contributed by atoms with Crippen LogP contribution in [0.5, 0.6) is 0 Å². The van der Waals surface area contributed by atoms with Crippen LogP contribution < -0.4 is 0 Å². The maximum Gasteiger partial charge on any atom is 0.214 e. The molecule has 0 aliphatic heterocycles. The van der Waals surface area contributed by atoms with Gasteiger partial charge in [-0.3, -0.25) is 0 Å². The number of rotatable bonds is 3. The lowest BCUT2D eigenvalue weighted by Gasteiger charge is -2.08. The third-order valence-electron chi connectivity index (χ3n) is 3.02. The van der Waals surface area contributed by atoms with Crippen LogP contribution in [0.2, 0.25) is 0 Å². The molecule has 0 bridgehead atoms. The van der Waals surface area contributed by atoms with Gasteiger partial charge in [0.25, 0.3) is 0 Å². The van der Waals surface area contributed by atoms with Crippen LogP contribution in [0.25, 0.3) is 5.69 Å². The molecule has 0 radical (unpaired) electrons. The Bertz CT molecular complexity index is 476. The molecule has 1 aromatic heterocycles. The third kappa shape index (κ3) is 2.34. The van der Waals surface area contributed by atoms with Crippen molar-refractivity contribution in [1.29, 1.82) is 0 Å². The number of nitrogens with zero attached hydrogens (tertiary/aromatic N) is 4. The van der Waals surface area contributed by atoms with Gasteiger partial charge in [0.1, 0.15) is 0 Å². The summed E-state index contributed by atoms with van der Waals surface area (Å²) in [5.74, 6) is 0. The topological polar surface area (TPSA) is 43.6 Å². The lowest BCUT2D eigenvalue weighted by molar-refractivity contribution is 0.753. The molecule has 0 spiro atoms. The minimum atomic E-state index is 0.684. The average molecular weight is 246 g/mol. The van der Waals surface area contributed by atoms with E-state index in [0.29, 0.717) is 5.25 Å². The molecular formula is C12H14N4S. The molecule has 5 heteroatoms. The van der Waals surface area contributed by atoms with Crippen LogP contribution >= 0.6 is 11.8 Å². The summed E-state index contributed by atoms with van der Waals surface area (Å²) in [6.07, 6.45) is 5.24. The van der Waals surface area contributed by atoms with E-state index < -0.39 is 0 Å². The first-order chi connectivity index (χ1) is 8.43. The third-order valence-corrected chi connectivity index (χ3v) is 4.29. The maximum absolute atomic E-state index is 4.12. The molecule has 2 aromatic rings. The Morgan fingerprint density at radius 2 is 1.88 bits per heavy atom. The summed E-state index contributed by atoms with van der Waals surface area (Å²) < 4.78 is 1.82. The van der Waals surface area contributed by atoms with E-state index in [4.69, 9.17) is 0 Å². The van der Waals surface area contributed by atoms with Gasteiger partial charge in [-0.1, -0.05) is 42.8 Å². The largest absolute Gasteiger partial charge is 0.214 e. The number of benzene rings is 1. The Hall–Kier alpha value is -1.36. The first-order valence-corrected chi connectivity index (χ1v) is 6.82. The van der Waals surface area contributed by atoms with Crippen LogP contribution in [-0.4, -0.2) is 25.5 Å². The zero-order valence-electron chi connectivity index (χ0n) is 9.49. The highest BCUT2D eigenvalue weighted by Crippen LogP contribution is 2.33. The Kier molecular flexibility index (Phi) is 3.09. The lowest BCUT2D eigenvalue weighted by Crippen LogP contribution is -2.02. The van der Waals surface area contributed by atoms with E-state index in [1.807, 2.05) is 35.0 Å². The summed E-state index contributed by atoms with van der Waals surface area (Å²) in [5.41, 5.74) is 1.03. The first-order valence-electron chi connectivity index (χ1n) is 5.94. The molecule has 4 nitrogen and oxygen atoms in total. The molecule has 3 rings (SSSR count). The monoisotopic (exact) mass is 246 g/mol. The number of hydrogen-bond donors (Lipinski definition) is 0. The lowest BCUT2D eigenvalue weighted by atomic mass is 10.3. The van der Waals surface area contributed by atoms with Crippen molar-refractivity contribution in [2.75, 3.05) is 0 Å². The highest BCUT2D eigenvalue weighted by molar-refractivity contribution is 7.99. The molecule has 0 amide bonds. The summed E-state index contributed by atoms with van der Waals surface area (Å²) in [6, 6.07) is 10.0. The zero-order valence-corrected chi connectivity index (χ0v) is 10.3. The van der Waals surface area contributed by atoms with Crippen molar-refractivity contribution in [1.82, 2.24) is 20.2 Å². The zero-order chi connectivity index (χ0) is 11.5. The predicted molar refractivity (Wildman–Crippen MR) is 67.3 cm³/mol. The summed E-state index contributed by atoms with van der Waals surface area (Å²) in [7, 11) is 0. The Balaban J connectivity index is 1.84. The molecule has 1 heterocycles. The van der Waals surface area contributed by atoms with Crippen LogP contribution in [0.1, 0.15) is 25.7 Å². The highest BCUT2D eigenvalue weighted by Gasteiger charge is 2.19. The highest BCUT2D eigenvalue weighted by atomic mass is 32.2. The fourth-order valence-corrected chi connectivity index (χ4v) is 3.33. The molecule has 88 valence electrons. The van der Waals surface area contributed by atoms with Crippen molar-refractivity contribution in [2.45, 2.75) is 36.1 Å². The van der Waals surface area contributed by atoms with E-state index >= 15 is 0 Å². The van der Waals surface area contributed by atoms with E-state index in [1.165, 1.54) is 25.7 Å². The molecule has 1 aromatic carbocycles. The van der Waals surface area contributed by atoms with E-state index in [2.05, 4.69) is 15.5 Å². The molecule has 0 unspecified atom stereocenters. The smallest absolute Gasteiger partial charge is 0.188 e. The second-order valence-electron chi connectivity index (χ2n) is 4.23. The summed E-state index contributed by atoms with van der Waals surface area (Å²) in [5, 5.41) is 13.6. The number of tetrazole rings is 1. The molecule has 1 fully saturated rings. The quantitative estimate of drug-likeness (QED) is 0.835. The molecule has 0 saturated heterocycles. The number of aromatic nitrogens is 4. The fraction of sp³-hybridized carbons (Fsp3) is 0.417. The molecule has 17 heavy (non-hydrogen) atoms. The summed E-state index contributed by atoms with van der Waals surface area (Å²) in [6.45, 7) is 0. The molecule has 1 saturated carbocycles. The minimum Gasteiger partial charge on any atom is -0.188 e. The van der Waals surface area contributed by atoms with Crippen LogP contribution in [0, 0.1) is 0 Å². The molecule has 0 atom stereocenters. The fourth-order valence-electron chi connectivity index (χ4n) is 2.14. The number of thioether (sulfide) groups is 1. The summed E-state index contributed by atoms with van der Waals surface area (Å²) in [4.78, 5) is 0. The minimum absolute atomic E-state index is 0.684. The molecule has 0 N–H and O–H groups in total. The van der Waals surface area contributed by atoms with Crippen molar-refractivity contribution in [3.05, 3.63) is 30.3 Å². The molecule has 1 aliphatic carbocycles. The molecular weight excluding hydrogens is 232 g/mol. The van der Waals surface area contributed by atoms with Crippen molar-refractivity contribution < 1.29 is 0 Å². The maximum atomic E-state index is 4.12. The Morgan fingerprint density at radius 1 is 1.12 bits per heavy atom. The van der Waals surface area contributed by atoms with Crippen LogP contribution in [0.15, 0.2) is 35.5 Å². The van der Waals surface area contributed by atoms with Crippen LogP contribution in [-0.2, 0) is 0 Å². The van der Waals surface area contributed by atoms with Gasteiger partial charge < -0.3 is 0 Å². The van der Waals surface area contributed by atoms with Gasteiger partial charge in [0.15, 0.2) is 0 Å². The van der Waals surface area contributed by atoms with Crippen LogP contribution in [0.3, 0.4) is 0 Å². The second kappa shape index (κ2) is 4.87. The number of para-hydroxylation sites is 1. The average Bonchev–Trinajstić information content (AvgIpc) is 3.02. The van der Waals surface area contributed by atoms with Crippen molar-refractivity contribution in [3.8, 4) is 5.69 Å². The van der Waals surface area contributed by atoms with E-state index in [1.54, 1.807) is 11.8 Å². The van der Waals surface area contributed by atoms with E-state index in [9.17, 15) is 0 Å². The van der Waals surface area contributed by atoms with Gasteiger partial charge >= 0.3 is 0 Å². The van der Waals surface area contributed by atoms with Gasteiger partial charge in [0, 0.05) is 5.25 Å². The Labute approximate surface area is 104 Å². The second-order valence-corrected chi connectivity index (χ2v) is 5.50. The summed E-state index contributed by atoms with van der Waals surface area (Å²) >= 11 is 1.81. The van der Waals surface area contributed by atoms with Gasteiger partial charge in [-0.05, 0) is 35.4 Å². The van der Waals surface area contributed by atoms with E-state index in [0.717, 1.165) is 10.8 Å². The Morgan fingerprint density at radius 3 is 2.65 bits per heavy atom. The van der Waals surface area contributed by atoms with Gasteiger partial charge in [-0.15, -0.1) is 5.10 Å². The molecule has 1 aliphatic rings.